The van der Waals surface area contributed by atoms with Crippen LogP contribution in [-0.2, 0) is 4.74 Å². The molecule has 82 valence electrons. The van der Waals surface area contributed by atoms with Crippen LogP contribution < -0.4 is 23.6 Å². The van der Waals surface area contributed by atoms with Crippen LogP contribution in [0.2, 0.25) is 0 Å². The number of hydrogen-bond donors (Lipinski definition) is 0. The topological polar surface area (TPSA) is 35.5 Å². The van der Waals surface area contributed by atoms with Crippen molar-refractivity contribution >= 4 is 5.97 Å². The third kappa shape index (κ3) is 4.74. The molecule has 1 aromatic carbocycles. The predicted octanol–water partition coefficient (Wildman–Crippen LogP) is -0.184. The van der Waals surface area contributed by atoms with E-state index in [-0.39, 0.29) is 24.8 Å². The van der Waals surface area contributed by atoms with E-state index in [0.717, 1.165) is 0 Å². The van der Waals surface area contributed by atoms with Crippen molar-refractivity contribution in [1.29, 1.82) is 0 Å². The molecule has 0 saturated heterocycles. The van der Waals surface area contributed by atoms with Crippen LogP contribution in [0.15, 0.2) is 24.3 Å². The number of hydrogen-bond acceptors (Lipinski definition) is 3. The molecule has 16 heavy (non-hydrogen) atoms. The zero-order chi connectivity index (χ0) is 11.5. The Kier molecular flexibility index (Phi) is 5.64. The molecule has 0 radical (unpaired) electrons. The van der Waals surface area contributed by atoms with Crippen LogP contribution in [0.3, 0.4) is 0 Å². The summed E-state index contributed by atoms with van der Waals surface area (Å²) in [6.45, 7) is 5.50. The second-order valence-electron chi connectivity index (χ2n) is 4.17. The Morgan fingerprint density at radius 1 is 1.19 bits per heavy atom. The fourth-order valence-electron chi connectivity index (χ4n) is 1.02. The summed E-state index contributed by atoms with van der Waals surface area (Å²) in [7, 11) is 3.27. The number of carbonyl (C=O) groups is 1. The first-order valence-corrected chi connectivity index (χ1v) is 4.68. The van der Waals surface area contributed by atoms with Crippen LogP contribution in [0, 0.1) is 7.11 Å². The van der Waals surface area contributed by atoms with Gasteiger partial charge in [-0.3, -0.25) is 0 Å². The maximum absolute atomic E-state index is 11.6. The molecule has 1 rings (SSSR count). The summed E-state index contributed by atoms with van der Waals surface area (Å²) in [6, 6.07) is 6.64. The summed E-state index contributed by atoms with van der Waals surface area (Å²) in [5.74, 6) is 0.278. The maximum Gasteiger partial charge on any atom is 1.00 e. The molecule has 0 spiro atoms. The fraction of sp³-hybridized carbons (Fsp3) is 0.333. The second kappa shape index (κ2) is 5.98. The molecule has 0 aliphatic carbocycles. The Balaban J connectivity index is 0.00000225. The molecule has 0 amide bonds. The van der Waals surface area contributed by atoms with Crippen molar-refractivity contribution in [2.75, 3.05) is 0 Å². The smallest absolute Gasteiger partial charge is 0.665 e. The van der Waals surface area contributed by atoms with E-state index >= 15 is 0 Å². The van der Waals surface area contributed by atoms with Crippen molar-refractivity contribution in [3.8, 4) is 5.75 Å². The van der Waals surface area contributed by atoms with Crippen molar-refractivity contribution in [3.63, 3.8) is 0 Å². The molecular weight excluding hydrogens is 199 g/mol. The van der Waals surface area contributed by atoms with Crippen LogP contribution in [0.25, 0.3) is 0 Å². The van der Waals surface area contributed by atoms with E-state index in [1.165, 1.54) is 0 Å². The van der Waals surface area contributed by atoms with E-state index < -0.39 is 5.60 Å². The van der Waals surface area contributed by atoms with Gasteiger partial charge >= 0.3 is 24.8 Å². The minimum Gasteiger partial charge on any atom is -0.665 e. The Morgan fingerprint density at radius 2 is 1.69 bits per heavy atom. The van der Waals surface area contributed by atoms with Gasteiger partial charge in [0.2, 0.25) is 0 Å². The molecule has 0 bridgehead atoms. The van der Waals surface area contributed by atoms with Crippen LogP contribution in [-0.4, -0.2) is 11.6 Å². The molecular formula is C12H15LiO3. The van der Waals surface area contributed by atoms with Crippen molar-refractivity contribution in [2.45, 2.75) is 26.4 Å². The number of ether oxygens (including phenoxy) is 2. The van der Waals surface area contributed by atoms with Gasteiger partial charge < -0.3 is 9.47 Å². The van der Waals surface area contributed by atoms with Crippen LogP contribution >= 0.6 is 0 Å². The van der Waals surface area contributed by atoms with E-state index in [2.05, 4.69) is 7.11 Å². The van der Waals surface area contributed by atoms with Crippen molar-refractivity contribution in [3.05, 3.63) is 36.9 Å². The van der Waals surface area contributed by atoms with Gasteiger partial charge in [-0.25, -0.2) is 4.79 Å². The quantitative estimate of drug-likeness (QED) is 0.389. The summed E-state index contributed by atoms with van der Waals surface area (Å²) in [6.07, 6.45) is 0. The third-order valence-corrected chi connectivity index (χ3v) is 1.66. The van der Waals surface area contributed by atoms with Crippen LogP contribution in [0.1, 0.15) is 31.1 Å². The fourth-order valence-corrected chi connectivity index (χ4v) is 1.02. The standard InChI is InChI=1S/C12H15O3.Li/c1-12(2,3)15-11(13)9-5-7-10(14-4)8-6-9;/h5-8H,4H2,1-3H3;/q-1;+1. The minimum absolute atomic E-state index is 0. The molecule has 0 heterocycles. The van der Waals surface area contributed by atoms with Gasteiger partial charge in [0.15, 0.2) is 0 Å². The molecule has 0 aliphatic heterocycles. The van der Waals surface area contributed by atoms with Gasteiger partial charge in [-0.15, -0.1) is 0 Å². The van der Waals surface area contributed by atoms with Gasteiger partial charge in [0.1, 0.15) is 5.60 Å². The zero-order valence-corrected chi connectivity index (χ0v) is 10.2. The van der Waals surface area contributed by atoms with Gasteiger partial charge in [0.05, 0.1) is 11.3 Å². The molecule has 3 nitrogen and oxygen atoms in total. The monoisotopic (exact) mass is 214 g/mol. The largest absolute Gasteiger partial charge is 1.00 e. The number of benzene rings is 1. The number of rotatable bonds is 2. The number of carbonyl (C=O) groups excluding carboxylic acids is 1. The van der Waals surface area contributed by atoms with Gasteiger partial charge in [0.25, 0.3) is 0 Å². The first-order valence-electron chi connectivity index (χ1n) is 4.68. The minimum atomic E-state index is -0.474. The summed E-state index contributed by atoms with van der Waals surface area (Å²) in [4.78, 5) is 11.6. The molecule has 0 saturated carbocycles. The van der Waals surface area contributed by atoms with Crippen LogP contribution in [0.5, 0.6) is 5.75 Å². The van der Waals surface area contributed by atoms with E-state index in [4.69, 9.17) is 9.47 Å². The van der Waals surface area contributed by atoms with Gasteiger partial charge in [0, 0.05) is 0 Å². The van der Waals surface area contributed by atoms with Gasteiger partial charge in [-0.1, -0.05) is 0 Å². The molecule has 1 aromatic rings. The Labute approximate surface area is 108 Å². The Morgan fingerprint density at radius 3 is 2.06 bits per heavy atom. The summed E-state index contributed by atoms with van der Waals surface area (Å²) < 4.78 is 9.95. The van der Waals surface area contributed by atoms with Gasteiger partial charge in [-0.05, 0) is 45.0 Å². The predicted molar refractivity (Wildman–Crippen MR) is 57.6 cm³/mol. The van der Waals surface area contributed by atoms with Gasteiger partial charge in [-0.2, -0.15) is 7.11 Å². The Hall–Kier alpha value is -0.913. The molecule has 0 N–H and O–H groups in total. The van der Waals surface area contributed by atoms with E-state index in [9.17, 15) is 4.79 Å². The zero-order valence-electron chi connectivity index (χ0n) is 10.2. The Bertz CT molecular complexity index is 338. The van der Waals surface area contributed by atoms with Crippen LogP contribution in [0.4, 0.5) is 0 Å². The number of esters is 1. The van der Waals surface area contributed by atoms with E-state index in [1.54, 1.807) is 24.3 Å². The first-order chi connectivity index (χ1) is 6.92. The SMILES string of the molecule is [CH2-]Oc1ccc(C(=O)OC(C)(C)C)cc1.[Li+]. The molecule has 0 aromatic heterocycles. The third-order valence-electron chi connectivity index (χ3n) is 1.66. The maximum atomic E-state index is 11.6. The molecule has 0 fully saturated rings. The normalized spacial score (nSPS) is 10.2. The molecule has 4 heteroatoms. The summed E-state index contributed by atoms with van der Waals surface area (Å²) >= 11 is 0. The van der Waals surface area contributed by atoms with E-state index in [0.29, 0.717) is 11.3 Å². The molecule has 0 aliphatic rings. The second-order valence-corrected chi connectivity index (χ2v) is 4.17. The van der Waals surface area contributed by atoms with Crippen molar-refractivity contribution in [1.82, 2.24) is 0 Å². The summed E-state index contributed by atoms with van der Waals surface area (Å²) in [5.41, 5.74) is 0.0317. The summed E-state index contributed by atoms with van der Waals surface area (Å²) in [5, 5.41) is 0. The van der Waals surface area contributed by atoms with E-state index in [1.807, 2.05) is 20.8 Å². The molecule has 0 atom stereocenters. The molecule has 0 unspecified atom stereocenters. The van der Waals surface area contributed by atoms with Crippen molar-refractivity contribution in [2.24, 2.45) is 0 Å². The first kappa shape index (κ1) is 15.1. The van der Waals surface area contributed by atoms with Crippen molar-refractivity contribution < 1.29 is 33.1 Å². The average molecular weight is 214 g/mol. The average Bonchev–Trinajstić information content (AvgIpc) is 2.15.